The number of nitrogen functional groups attached to an aromatic ring is 1. The van der Waals surface area contributed by atoms with E-state index >= 15 is 0 Å². The standard InChI is InChI=1S/C11H16F2N4O/c1-6-2-3-17(5-9(6)18)11-8(13)4-7(12)10(15-11)16-14/h4,6,9,18H,2-3,5,14H2,1H3,(H,15,16). The van der Waals surface area contributed by atoms with Crippen LogP contribution in [0.25, 0.3) is 0 Å². The number of hydrogen-bond acceptors (Lipinski definition) is 5. The molecule has 100 valence electrons. The van der Waals surface area contributed by atoms with Gasteiger partial charge in [-0.15, -0.1) is 0 Å². The van der Waals surface area contributed by atoms with Gasteiger partial charge in [0.25, 0.3) is 0 Å². The minimum Gasteiger partial charge on any atom is -0.391 e. The average molecular weight is 258 g/mol. The summed E-state index contributed by atoms with van der Waals surface area (Å²) in [7, 11) is 0. The van der Waals surface area contributed by atoms with Crippen molar-refractivity contribution in [1.82, 2.24) is 4.98 Å². The van der Waals surface area contributed by atoms with Gasteiger partial charge in [-0.2, -0.15) is 0 Å². The maximum Gasteiger partial charge on any atom is 0.178 e. The van der Waals surface area contributed by atoms with Gasteiger partial charge in [0.1, 0.15) is 0 Å². The lowest BCUT2D eigenvalue weighted by atomic mass is 9.96. The minimum absolute atomic E-state index is 0.00954. The van der Waals surface area contributed by atoms with E-state index in [1.54, 1.807) is 4.90 Å². The predicted molar refractivity (Wildman–Crippen MR) is 64.0 cm³/mol. The van der Waals surface area contributed by atoms with Gasteiger partial charge in [-0.25, -0.2) is 19.6 Å². The SMILES string of the molecule is CC1CCN(c2nc(NN)c(F)cc2F)CC1O. The smallest absolute Gasteiger partial charge is 0.178 e. The van der Waals surface area contributed by atoms with Crippen LogP contribution in [-0.2, 0) is 0 Å². The highest BCUT2D eigenvalue weighted by Gasteiger charge is 2.27. The van der Waals surface area contributed by atoms with Crippen LogP contribution in [0.2, 0.25) is 0 Å². The predicted octanol–water partition coefficient (Wildman–Crippen LogP) is 0.853. The van der Waals surface area contributed by atoms with Crippen molar-refractivity contribution in [1.29, 1.82) is 0 Å². The third kappa shape index (κ3) is 2.37. The molecule has 1 aliphatic rings. The summed E-state index contributed by atoms with van der Waals surface area (Å²) < 4.78 is 26.9. The Morgan fingerprint density at radius 3 is 2.83 bits per heavy atom. The minimum atomic E-state index is -0.843. The summed E-state index contributed by atoms with van der Waals surface area (Å²) in [5.41, 5.74) is 2.08. The maximum atomic E-state index is 13.7. The van der Waals surface area contributed by atoms with Crippen molar-refractivity contribution >= 4 is 11.6 Å². The molecule has 2 heterocycles. The monoisotopic (exact) mass is 258 g/mol. The number of aromatic nitrogens is 1. The van der Waals surface area contributed by atoms with E-state index in [9.17, 15) is 13.9 Å². The number of β-amino-alcohol motifs (C(OH)–C–C–N with tert-alkyl or cyclic N) is 1. The van der Waals surface area contributed by atoms with Gasteiger partial charge in [0, 0.05) is 19.2 Å². The second-order valence-electron chi connectivity index (χ2n) is 4.55. The number of aliphatic hydroxyl groups excluding tert-OH is 1. The summed E-state index contributed by atoms with van der Waals surface area (Å²) in [6.45, 7) is 2.78. The summed E-state index contributed by atoms with van der Waals surface area (Å²) >= 11 is 0. The molecule has 0 spiro atoms. The second kappa shape index (κ2) is 5.03. The van der Waals surface area contributed by atoms with Gasteiger partial charge in [-0.1, -0.05) is 6.92 Å². The van der Waals surface area contributed by atoms with Gasteiger partial charge in [-0.3, -0.25) is 0 Å². The Hall–Kier alpha value is -1.47. The molecule has 2 atom stereocenters. The van der Waals surface area contributed by atoms with Crippen molar-refractivity contribution in [3.63, 3.8) is 0 Å². The van der Waals surface area contributed by atoms with Crippen molar-refractivity contribution in [2.75, 3.05) is 23.4 Å². The summed E-state index contributed by atoms with van der Waals surface area (Å²) in [6, 6.07) is 0.738. The molecule has 2 rings (SSSR count). The van der Waals surface area contributed by atoms with Crippen molar-refractivity contribution in [2.24, 2.45) is 11.8 Å². The first-order chi connectivity index (χ1) is 8.52. The Morgan fingerprint density at radius 1 is 1.50 bits per heavy atom. The Bertz CT molecular complexity index is 443. The third-order valence-corrected chi connectivity index (χ3v) is 3.27. The van der Waals surface area contributed by atoms with Gasteiger partial charge in [0.15, 0.2) is 23.3 Å². The van der Waals surface area contributed by atoms with E-state index in [-0.39, 0.29) is 24.1 Å². The van der Waals surface area contributed by atoms with E-state index in [0.29, 0.717) is 6.54 Å². The number of piperidine rings is 1. The molecule has 4 N–H and O–H groups in total. The van der Waals surface area contributed by atoms with Crippen LogP contribution < -0.4 is 16.2 Å². The number of hydrazine groups is 1. The molecular formula is C11H16F2N4O. The topological polar surface area (TPSA) is 74.4 Å². The summed E-state index contributed by atoms with van der Waals surface area (Å²) in [4.78, 5) is 5.40. The zero-order valence-corrected chi connectivity index (χ0v) is 10.0. The summed E-state index contributed by atoms with van der Waals surface area (Å²) in [6.07, 6.45) is 0.185. The van der Waals surface area contributed by atoms with Crippen LogP contribution in [0.15, 0.2) is 6.07 Å². The van der Waals surface area contributed by atoms with Crippen molar-refractivity contribution in [3.05, 3.63) is 17.7 Å². The van der Waals surface area contributed by atoms with E-state index in [2.05, 4.69) is 10.4 Å². The second-order valence-corrected chi connectivity index (χ2v) is 4.55. The Balaban J connectivity index is 2.28. The molecule has 0 aliphatic carbocycles. The molecule has 1 aromatic heterocycles. The number of halogens is 2. The maximum absolute atomic E-state index is 13.7. The number of anilines is 2. The normalized spacial score (nSPS) is 24.2. The number of pyridine rings is 1. The van der Waals surface area contributed by atoms with Crippen LogP contribution >= 0.6 is 0 Å². The number of rotatable bonds is 2. The molecule has 0 bridgehead atoms. The van der Waals surface area contributed by atoms with Crippen LogP contribution in [-0.4, -0.2) is 29.3 Å². The van der Waals surface area contributed by atoms with E-state index in [0.717, 1.165) is 12.5 Å². The van der Waals surface area contributed by atoms with Crippen LogP contribution in [0.3, 0.4) is 0 Å². The number of aliphatic hydroxyl groups is 1. The highest BCUT2D eigenvalue weighted by molar-refractivity contribution is 5.49. The molecule has 18 heavy (non-hydrogen) atoms. The molecular weight excluding hydrogens is 242 g/mol. The lowest BCUT2D eigenvalue weighted by Crippen LogP contribution is -2.43. The van der Waals surface area contributed by atoms with Crippen molar-refractivity contribution < 1.29 is 13.9 Å². The van der Waals surface area contributed by atoms with Crippen LogP contribution in [0.1, 0.15) is 13.3 Å². The van der Waals surface area contributed by atoms with Gasteiger partial charge in [0.2, 0.25) is 0 Å². The fourth-order valence-electron chi connectivity index (χ4n) is 2.02. The molecule has 1 aromatic rings. The molecule has 0 saturated carbocycles. The van der Waals surface area contributed by atoms with Gasteiger partial charge < -0.3 is 15.4 Å². The number of hydrogen-bond donors (Lipinski definition) is 3. The number of nitrogens with zero attached hydrogens (tertiary/aromatic N) is 2. The van der Waals surface area contributed by atoms with Crippen LogP contribution in [0.4, 0.5) is 20.4 Å². The molecule has 0 radical (unpaired) electrons. The first kappa shape index (κ1) is 13.0. The molecule has 2 unspecified atom stereocenters. The first-order valence-corrected chi connectivity index (χ1v) is 5.78. The molecule has 7 heteroatoms. The van der Waals surface area contributed by atoms with Gasteiger partial charge >= 0.3 is 0 Å². The zero-order valence-electron chi connectivity index (χ0n) is 10.0. The number of nitrogens with one attached hydrogen (secondary N) is 1. The Morgan fingerprint density at radius 2 is 2.22 bits per heavy atom. The highest BCUT2D eigenvalue weighted by Crippen LogP contribution is 2.26. The summed E-state index contributed by atoms with van der Waals surface area (Å²) in [5, 5.41) is 9.78. The molecule has 1 fully saturated rings. The number of nitrogens with two attached hydrogens (primary N) is 1. The van der Waals surface area contributed by atoms with E-state index in [4.69, 9.17) is 5.84 Å². The van der Waals surface area contributed by atoms with E-state index < -0.39 is 17.7 Å². The largest absolute Gasteiger partial charge is 0.391 e. The van der Waals surface area contributed by atoms with Gasteiger partial charge in [0.05, 0.1) is 6.10 Å². The van der Waals surface area contributed by atoms with Crippen LogP contribution in [0, 0.1) is 17.6 Å². The zero-order chi connectivity index (χ0) is 13.3. The Kier molecular flexibility index (Phi) is 3.63. The first-order valence-electron chi connectivity index (χ1n) is 5.78. The molecule has 5 nitrogen and oxygen atoms in total. The van der Waals surface area contributed by atoms with Crippen molar-refractivity contribution in [3.8, 4) is 0 Å². The highest BCUT2D eigenvalue weighted by atomic mass is 19.1. The lowest BCUT2D eigenvalue weighted by molar-refractivity contribution is 0.102. The fourth-order valence-corrected chi connectivity index (χ4v) is 2.02. The quantitative estimate of drug-likeness (QED) is 0.542. The van der Waals surface area contributed by atoms with Gasteiger partial charge in [-0.05, 0) is 12.3 Å². The lowest BCUT2D eigenvalue weighted by Gasteiger charge is -2.35. The average Bonchev–Trinajstić information content (AvgIpc) is 2.33. The molecule has 0 amide bonds. The Labute approximate surface area is 104 Å². The summed E-state index contributed by atoms with van der Waals surface area (Å²) in [5.74, 6) is 3.47. The van der Waals surface area contributed by atoms with Crippen molar-refractivity contribution in [2.45, 2.75) is 19.4 Å². The third-order valence-electron chi connectivity index (χ3n) is 3.27. The van der Waals surface area contributed by atoms with E-state index in [1.807, 2.05) is 6.92 Å². The fraction of sp³-hybridized carbons (Fsp3) is 0.545. The molecule has 1 aliphatic heterocycles. The van der Waals surface area contributed by atoms with E-state index in [1.165, 1.54) is 0 Å². The van der Waals surface area contributed by atoms with Crippen LogP contribution in [0.5, 0.6) is 0 Å². The molecule has 1 saturated heterocycles. The molecule has 0 aromatic carbocycles.